The van der Waals surface area contributed by atoms with Crippen LogP contribution in [0, 0.1) is 5.92 Å². The first-order valence-corrected chi connectivity index (χ1v) is 8.95. The topological polar surface area (TPSA) is 41.6 Å². The fourth-order valence-corrected chi connectivity index (χ4v) is 3.69. The quantitative estimate of drug-likeness (QED) is 0.908. The van der Waals surface area contributed by atoms with Crippen LogP contribution in [0.4, 0.5) is 0 Å². The summed E-state index contributed by atoms with van der Waals surface area (Å²) in [6.45, 7) is 4.33. The lowest BCUT2D eigenvalue weighted by atomic mass is 9.86. The molecular formula is C19H28N2O2. The van der Waals surface area contributed by atoms with E-state index in [4.69, 9.17) is 4.74 Å². The maximum absolute atomic E-state index is 12.7. The zero-order valence-corrected chi connectivity index (χ0v) is 14.0. The van der Waals surface area contributed by atoms with E-state index in [1.165, 1.54) is 37.7 Å². The van der Waals surface area contributed by atoms with Crippen LogP contribution in [0.3, 0.4) is 0 Å². The summed E-state index contributed by atoms with van der Waals surface area (Å²) in [7, 11) is 0. The second-order valence-electron chi connectivity index (χ2n) is 6.82. The summed E-state index contributed by atoms with van der Waals surface area (Å²) in [6, 6.07) is 10.2. The molecule has 1 aromatic rings. The maximum atomic E-state index is 12.7. The Hall–Kier alpha value is -1.39. The van der Waals surface area contributed by atoms with Crippen LogP contribution >= 0.6 is 0 Å². The predicted octanol–water partition coefficient (Wildman–Crippen LogP) is 2.93. The molecule has 2 atom stereocenters. The van der Waals surface area contributed by atoms with Crippen LogP contribution in [0.25, 0.3) is 0 Å². The van der Waals surface area contributed by atoms with Crippen molar-refractivity contribution in [1.29, 1.82) is 0 Å². The molecular weight excluding hydrogens is 288 g/mol. The third-order valence-corrected chi connectivity index (χ3v) is 5.13. The first-order chi connectivity index (χ1) is 11.2. The fraction of sp³-hybridized carbons (Fsp3) is 0.632. The molecule has 0 aromatic heterocycles. The summed E-state index contributed by atoms with van der Waals surface area (Å²) < 4.78 is 6.11. The summed E-state index contributed by atoms with van der Waals surface area (Å²) in [5, 5.41) is 3.24. The molecule has 1 aliphatic heterocycles. The van der Waals surface area contributed by atoms with Crippen molar-refractivity contribution in [3.8, 4) is 0 Å². The van der Waals surface area contributed by atoms with Crippen molar-refractivity contribution < 1.29 is 9.53 Å². The highest BCUT2D eigenvalue weighted by Crippen LogP contribution is 2.28. The van der Waals surface area contributed by atoms with Crippen molar-refractivity contribution in [2.45, 2.75) is 57.9 Å². The van der Waals surface area contributed by atoms with Crippen molar-refractivity contribution in [2.24, 2.45) is 5.92 Å². The van der Waals surface area contributed by atoms with Gasteiger partial charge in [0.1, 0.15) is 0 Å². The second-order valence-corrected chi connectivity index (χ2v) is 6.82. The Kier molecular flexibility index (Phi) is 5.68. The summed E-state index contributed by atoms with van der Waals surface area (Å²) in [6.07, 6.45) is 6.06. The highest BCUT2D eigenvalue weighted by atomic mass is 16.5. The van der Waals surface area contributed by atoms with Gasteiger partial charge >= 0.3 is 0 Å². The number of piperazine rings is 1. The van der Waals surface area contributed by atoms with Gasteiger partial charge in [-0.1, -0.05) is 49.6 Å². The van der Waals surface area contributed by atoms with Crippen LogP contribution < -0.4 is 5.32 Å². The van der Waals surface area contributed by atoms with E-state index in [1.807, 2.05) is 23.1 Å². The largest absolute Gasteiger partial charge is 0.351 e. The monoisotopic (exact) mass is 316 g/mol. The molecule has 4 heteroatoms. The standard InChI is InChI=1S/C19H28N2O2/c1-15(17-10-6-3-7-11-17)23-18-19(22)21(13-12-20-18)14-16-8-4-2-5-9-16/h2,4-5,8-9,15,17-18,20H,3,6-7,10-14H2,1H3. The minimum absolute atomic E-state index is 0.0720. The maximum Gasteiger partial charge on any atom is 0.267 e. The molecule has 2 unspecified atom stereocenters. The zero-order valence-electron chi connectivity index (χ0n) is 14.0. The van der Waals surface area contributed by atoms with E-state index in [0.717, 1.165) is 13.1 Å². The summed E-state index contributed by atoms with van der Waals surface area (Å²) in [5.74, 6) is 0.672. The third kappa shape index (κ3) is 4.33. The molecule has 0 bridgehead atoms. The molecule has 23 heavy (non-hydrogen) atoms. The molecule has 2 aliphatic rings. The van der Waals surface area contributed by atoms with Crippen LogP contribution in [0.15, 0.2) is 30.3 Å². The van der Waals surface area contributed by atoms with E-state index in [0.29, 0.717) is 12.5 Å². The highest BCUT2D eigenvalue weighted by molar-refractivity contribution is 5.81. The minimum atomic E-state index is -0.482. The van der Waals surface area contributed by atoms with E-state index in [2.05, 4.69) is 24.4 Å². The Labute approximate surface area is 139 Å². The number of benzene rings is 1. The van der Waals surface area contributed by atoms with Crippen molar-refractivity contribution in [3.63, 3.8) is 0 Å². The smallest absolute Gasteiger partial charge is 0.267 e. The zero-order chi connectivity index (χ0) is 16.1. The van der Waals surface area contributed by atoms with Gasteiger partial charge in [-0.25, -0.2) is 0 Å². The lowest BCUT2D eigenvalue weighted by Gasteiger charge is -2.36. The van der Waals surface area contributed by atoms with Gasteiger partial charge in [-0.3, -0.25) is 10.1 Å². The van der Waals surface area contributed by atoms with Crippen LogP contribution in [0.1, 0.15) is 44.6 Å². The van der Waals surface area contributed by atoms with Crippen molar-refractivity contribution in [3.05, 3.63) is 35.9 Å². The van der Waals surface area contributed by atoms with E-state index < -0.39 is 6.23 Å². The fourth-order valence-electron chi connectivity index (χ4n) is 3.69. The van der Waals surface area contributed by atoms with Crippen molar-refractivity contribution in [2.75, 3.05) is 13.1 Å². The molecule has 1 N–H and O–H groups in total. The summed E-state index contributed by atoms with van der Waals surface area (Å²) >= 11 is 0. The normalized spacial score (nSPS) is 24.7. The van der Waals surface area contributed by atoms with Gasteiger partial charge in [-0.2, -0.15) is 0 Å². The summed E-state index contributed by atoms with van der Waals surface area (Å²) in [4.78, 5) is 14.6. The average Bonchev–Trinajstić information content (AvgIpc) is 2.60. The van der Waals surface area contributed by atoms with Gasteiger partial charge in [-0.15, -0.1) is 0 Å². The van der Waals surface area contributed by atoms with Crippen molar-refractivity contribution in [1.82, 2.24) is 10.2 Å². The molecule has 1 aliphatic carbocycles. The SMILES string of the molecule is CC(OC1NCCN(Cc2ccccc2)C1=O)C1CCCCC1. The number of carbonyl (C=O) groups is 1. The van der Waals surface area contributed by atoms with E-state index in [-0.39, 0.29) is 12.0 Å². The number of amides is 1. The van der Waals surface area contributed by atoms with Crippen molar-refractivity contribution >= 4 is 5.91 Å². The molecule has 1 aromatic carbocycles. The number of carbonyl (C=O) groups excluding carboxylic acids is 1. The first-order valence-electron chi connectivity index (χ1n) is 8.95. The Bertz CT molecular complexity index is 499. The van der Waals surface area contributed by atoms with Crippen LogP contribution in [-0.4, -0.2) is 36.2 Å². The molecule has 4 nitrogen and oxygen atoms in total. The molecule has 1 saturated heterocycles. The first kappa shape index (κ1) is 16.5. The number of hydrogen-bond donors (Lipinski definition) is 1. The summed E-state index contributed by atoms with van der Waals surface area (Å²) in [5.41, 5.74) is 1.17. The van der Waals surface area contributed by atoms with Gasteiger partial charge in [-0.05, 0) is 31.2 Å². The lowest BCUT2D eigenvalue weighted by Crippen LogP contribution is -2.56. The molecule has 0 radical (unpaired) electrons. The highest BCUT2D eigenvalue weighted by Gasteiger charge is 2.32. The van der Waals surface area contributed by atoms with Crippen LogP contribution in [0.5, 0.6) is 0 Å². The van der Waals surface area contributed by atoms with Gasteiger partial charge in [0.25, 0.3) is 5.91 Å². The van der Waals surface area contributed by atoms with Gasteiger partial charge in [0.15, 0.2) is 6.23 Å². The molecule has 0 spiro atoms. The number of nitrogens with one attached hydrogen (secondary N) is 1. The predicted molar refractivity (Wildman–Crippen MR) is 90.8 cm³/mol. The van der Waals surface area contributed by atoms with Gasteiger partial charge < -0.3 is 9.64 Å². The lowest BCUT2D eigenvalue weighted by molar-refractivity contribution is -0.158. The Morgan fingerprint density at radius 1 is 1.22 bits per heavy atom. The number of nitrogens with zero attached hydrogens (tertiary/aromatic N) is 1. The minimum Gasteiger partial charge on any atom is -0.351 e. The number of hydrogen-bond acceptors (Lipinski definition) is 3. The Balaban J connectivity index is 1.56. The number of rotatable bonds is 5. The van der Waals surface area contributed by atoms with E-state index in [9.17, 15) is 4.79 Å². The Morgan fingerprint density at radius 2 is 1.96 bits per heavy atom. The van der Waals surface area contributed by atoms with Gasteiger partial charge in [0, 0.05) is 19.6 Å². The van der Waals surface area contributed by atoms with Crippen LogP contribution in [0.2, 0.25) is 0 Å². The number of ether oxygens (including phenoxy) is 1. The second kappa shape index (κ2) is 7.93. The van der Waals surface area contributed by atoms with E-state index in [1.54, 1.807) is 0 Å². The Morgan fingerprint density at radius 3 is 2.70 bits per heavy atom. The molecule has 2 fully saturated rings. The average molecular weight is 316 g/mol. The van der Waals surface area contributed by atoms with Crippen LogP contribution in [-0.2, 0) is 16.1 Å². The van der Waals surface area contributed by atoms with E-state index >= 15 is 0 Å². The van der Waals surface area contributed by atoms with Gasteiger partial charge in [0.2, 0.25) is 0 Å². The molecule has 1 amide bonds. The van der Waals surface area contributed by atoms with Gasteiger partial charge in [0.05, 0.1) is 6.10 Å². The molecule has 1 heterocycles. The molecule has 1 saturated carbocycles. The molecule has 3 rings (SSSR count). The third-order valence-electron chi connectivity index (χ3n) is 5.13. The molecule has 126 valence electrons.